The van der Waals surface area contributed by atoms with Gasteiger partial charge in [0.2, 0.25) is 0 Å². The highest BCUT2D eigenvalue weighted by atomic mass is 16.2. The van der Waals surface area contributed by atoms with Crippen LogP contribution in [0.3, 0.4) is 0 Å². The lowest BCUT2D eigenvalue weighted by atomic mass is 10.3. The van der Waals surface area contributed by atoms with Gasteiger partial charge in [-0.3, -0.25) is 14.4 Å². The first kappa shape index (κ1) is 15.3. The normalized spacial score (nSPS) is 10.5. The third-order valence-electron chi connectivity index (χ3n) is 3.11. The van der Waals surface area contributed by atoms with Crippen LogP contribution in [-0.4, -0.2) is 42.2 Å². The molecular formula is C14H13N7O3. The summed E-state index contributed by atoms with van der Waals surface area (Å²) in [5, 5.41) is 16.6. The number of carbonyl (C=O) groups excluding carboxylic acids is 1. The summed E-state index contributed by atoms with van der Waals surface area (Å²) in [7, 11) is 0. The van der Waals surface area contributed by atoms with E-state index < -0.39 is 11.5 Å². The van der Waals surface area contributed by atoms with Gasteiger partial charge in [-0.05, 0) is 18.2 Å². The molecule has 0 bridgehead atoms. The fourth-order valence-electron chi connectivity index (χ4n) is 1.96. The number of amides is 1. The van der Waals surface area contributed by atoms with Crippen LogP contribution in [0.4, 0.5) is 0 Å². The summed E-state index contributed by atoms with van der Waals surface area (Å²) in [4.78, 5) is 34.6. The van der Waals surface area contributed by atoms with Gasteiger partial charge in [0, 0.05) is 31.1 Å². The molecule has 0 saturated heterocycles. The van der Waals surface area contributed by atoms with Gasteiger partial charge in [-0.15, -0.1) is 5.10 Å². The predicted octanol–water partition coefficient (Wildman–Crippen LogP) is -1.06. The number of nitrogens with one attached hydrogen (secondary N) is 2. The molecule has 24 heavy (non-hydrogen) atoms. The van der Waals surface area contributed by atoms with Gasteiger partial charge in [-0.25, -0.2) is 14.5 Å². The molecule has 3 rings (SSSR count). The van der Waals surface area contributed by atoms with Gasteiger partial charge in [-0.1, -0.05) is 0 Å². The second-order valence-corrected chi connectivity index (χ2v) is 4.77. The van der Waals surface area contributed by atoms with Crippen molar-refractivity contribution in [1.29, 1.82) is 0 Å². The molecule has 0 spiro atoms. The van der Waals surface area contributed by atoms with Gasteiger partial charge >= 0.3 is 0 Å². The van der Waals surface area contributed by atoms with Crippen molar-refractivity contribution < 1.29 is 4.79 Å². The highest BCUT2D eigenvalue weighted by Crippen LogP contribution is 1.98. The van der Waals surface area contributed by atoms with Crippen molar-refractivity contribution in [1.82, 2.24) is 35.1 Å². The van der Waals surface area contributed by atoms with Gasteiger partial charge in [0.25, 0.3) is 17.0 Å². The number of rotatable bonds is 5. The Bertz CT molecular complexity index is 938. The lowest BCUT2D eigenvalue weighted by molar-refractivity contribution is 0.0945. The van der Waals surface area contributed by atoms with E-state index in [0.29, 0.717) is 5.82 Å². The minimum absolute atomic E-state index is 0.0835. The molecule has 2 N–H and O–H groups in total. The molecule has 0 aliphatic heterocycles. The monoisotopic (exact) mass is 327 g/mol. The Morgan fingerprint density at radius 1 is 1.21 bits per heavy atom. The third kappa shape index (κ3) is 3.43. The zero-order chi connectivity index (χ0) is 16.9. The van der Waals surface area contributed by atoms with Crippen molar-refractivity contribution in [3.05, 3.63) is 69.1 Å². The van der Waals surface area contributed by atoms with Gasteiger partial charge in [0.1, 0.15) is 5.69 Å². The number of hydrogen-bond acceptors (Lipinski definition) is 6. The molecular weight excluding hydrogens is 314 g/mol. The van der Waals surface area contributed by atoms with E-state index in [0.717, 1.165) is 0 Å². The van der Waals surface area contributed by atoms with E-state index in [2.05, 4.69) is 25.7 Å². The molecule has 10 heteroatoms. The molecule has 10 nitrogen and oxygen atoms in total. The average Bonchev–Trinajstić information content (AvgIpc) is 3.11. The Morgan fingerprint density at radius 3 is 2.79 bits per heavy atom. The summed E-state index contributed by atoms with van der Waals surface area (Å²) in [5.41, 5.74) is -0.597. The van der Waals surface area contributed by atoms with E-state index >= 15 is 0 Å². The molecule has 0 saturated carbocycles. The summed E-state index contributed by atoms with van der Waals surface area (Å²) >= 11 is 0. The molecule has 0 aromatic carbocycles. The molecule has 0 aliphatic carbocycles. The highest BCUT2D eigenvalue weighted by Gasteiger charge is 2.07. The molecule has 3 heterocycles. The van der Waals surface area contributed by atoms with Gasteiger partial charge < -0.3 is 5.32 Å². The summed E-state index contributed by atoms with van der Waals surface area (Å²) in [6.07, 6.45) is 3.31. The maximum atomic E-state index is 11.9. The Hall–Kier alpha value is -3.56. The van der Waals surface area contributed by atoms with E-state index in [-0.39, 0.29) is 24.3 Å². The summed E-state index contributed by atoms with van der Waals surface area (Å²) in [6, 6.07) is 7.22. The first-order valence-corrected chi connectivity index (χ1v) is 7.05. The molecule has 3 aromatic heterocycles. The summed E-state index contributed by atoms with van der Waals surface area (Å²) < 4.78 is 2.76. The molecule has 0 radical (unpaired) electrons. The van der Waals surface area contributed by atoms with Crippen molar-refractivity contribution in [3.63, 3.8) is 0 Å². The minimum Gasteiger partial charge on any atom is -0.349 e. The standard InChI is InChI=1S/C14H13N7O3/c22-12-4-2-10(17-18-12)14(24)15-7-9-21-13(23)5-3-11(19-21)20-8-1-6-16-20/h1-6,8H,7,9H2,(H,15,24)(H,18,22). The van der Waals surface area contributed by atoms with Gasteiger partial charge in [0.15, 0.2) is 5.82 Å². The zero-order valence-electron chi connectivity index (χ0n) is 12.4. The summed E-state index contributed by atoms with van der Waals surface area (Å²) in [6.45, 7) is 0.359. The van der Waals surface area contributed by atoms with Crippen LogP contribution in [0.15, 0.2) is 52.3 Å². The minimum atomic E-state index is -0.456. The first-order chi connectivity index (χ1) is 11.6. The largest absolute Gasteiger partial charge is 0.349 e. The molecule has 1 amide bonds. The van der Waals surface area contributed by atoms with Crippen molar-refractivity contribution in [2.45, 2.75) is 6.54 Å². The van der Waals surface area contributed by atoms with E-state index in [4.69, 9.17) is 0 Å². The fraction of sp³-hybridized carbons (Fsp3) is 0.143. The second kappa shape index (κ2) is 6.69. The van der Waals surface area contributed by atoms with Crippen molar-refractivity contribution in [3.8, 4) is 5.82 Å². The lowest BCUT2D eigenvalue weighted by Crippen LogP contribution is -2.33. The van der Waals surface area contributed by atoms with E-state index in [9.17, 15) is 14.4 Å². The SMILES string of the molecule is O=C(NCCn1nc(-n2cccn2)ccc1=O)c1ccc(=O)[nH]n1. The second-order valence-electron chi connectivity index (χ2n) is 4.77. The van der Waals surface area contributed by atoms with Gasteiger partial charge in [0.05, 0.1) is 6.54 Å². The maximum absolute atomic E-state index is 11.9. The quantitative estimate of drug-likeness (QED) is 0.615. The van der Waals surface area contributed by atoms with Crippen LogP contribution in [0.25, 0.3) is 5.82 Å². The number of aromatic amines is 1. The van der Waals surface area contributed by atoms with Crippen LogP contribution in [0.1, 0.15) is 10.5 Å². The lowest BCUT2D eigenvalue weighted by Gasteiger charge is -2.08. The van der Waals surface area contributed by atoms with Crippen molar-refractivity contribution in [2.24, 2.45) is 0 Å². The molecule has 0 aliphatic rings. The molecule has 122 valence electrons. The predicted molar refractivity (Wildman–Crippen MR) is 82.8 cm³/mol. The number of H-pyrrole nitrogens is 1. The Balaban J connectivity index is 1.65. The van der Waals surface area contributed by atoms with Crippen LogP contribution in [0, 0.1) is 0 Å². The van der Waals surface area contributed by atoms with Crippen LogP contribution < -0.4 is 16.4 Å². The highest BCUT2D eigenvalue weighted by molar-refractivity contribution is 5.91. The molecule has 3 aromatic rings. The number of aromatic nitrogens is 6. The van der Waals surface area contributed by atoms with Crippen molar-refractivity contribution in [2.75, 3.05) is 6.54 Å². The number of carbonyl (C=O) groups is 1. The Morgan fingerprint density at radius 2 is 2.08 bits per heavy atom. The Kier molecular flexibility index (Phi) is 4.27. The summed E-state index contributed by atoms with van der Waals surface area (Å²) in [5.74, 6) is 0.0377. The van der Waals surface area contributed by atoms with Gasteiger partial charge in [-0.2, -0.15) is 10.2 Å². The van der Waals surface area contributed by atoms with Crippen LogP contribution in [0.2, 0.25) is 0 Å². The molecule has 0 atom stereocenters. The van der Waals surface area contributed by atoms with E-state index in [1.54, 1.807) is 24.5 Å². The van der Waals surface area contributed by atoms with Crippen molar-refractivity contribution >= 4 is 5.91 Å². The smallest absolute Gasteiger partial charge is 0.271 e. The van der Waals surface area contributed by atoms with E-state index in [1.807, 2.05) is 0 Å². The third-order valence-corrected chi connectivity index (χ3v) is 3.11. The number of nitrogens with zero attached hydrogens (tertiary/aromatic N) is 5. The molecule has 0 fully saturated rings. The topological polar surface area (TPSA) is 128 Å². The fourth-order valence-corrected chi connectivity index (χ4v) is 1.96. The Labute approximate surface area is 134 Å². The van der Waals surface area contributed by atoms with Crippen LogP contribution in [-0.2, 0) is 6.54 Å². The molecule has 0 unspecified atom stereocenters. The number of hydrogen-bond donors (Lipinski definition) is 2. The van der Waals surface area contributed by atoms with Crippen LogP contribution in [0.5, 0.6) is 0 Å². The maximum Gasteiger partial charge on any atom is 0.271 e. The first-order valence-electron chi connectivity index (χ1n) is 7.05. The average molecular weight is 327 g/mol. The van der Waals surface area contributed by atoms with Crippen LogP contribution >= 0.6 is 0 Å². The zero-order valence-corrected chi connectivity index (χ0v) is 12.4. The van der Waals surface area contributed by atoms with E-state index in [1.165, 1.54) is 27.6 Å².